The Morgan fingerprint density at radius 2 is 1.76 bits per heavy atom. The van der Waals surface area contributed by atoms with E-state index in [1.54, 1.807) is 26.1 Å². The van der Waals surface area contributed by atoms with Crippen LogP contribution in [0.4, 0.5) is 13.2 Å². The molecule has 0 aromatic heterocycles. The smallest absolute Gasteiger partial charge is 0.370 e. The number of likely N-dealkylation sites (tertiary alicyclic amines) is 1. The second-order valence-corrected chi connectivity index (χ2v) is 13.6. The first-order valence-corrected chi connectivity index (χ1v) is 13.9. The third kappa shape index (κ3) is 6.31. The number of fused-ring (bicyclic) bond motifs is 1. The highest BCUT2D eigenvalue weighted by molar-refractivity contribution is 5.96. The quantitative estimate of drug-likeness (QED) is 0.312. The summed E-state index contributed by atoms with van der Waals surface area (Å²) in [4.78, 5) is 65.3. The molecule has 7 atom stereocenters. The lowest BCUT2D eigenvalue weighted by Gasteiger charge is -2.37. The van der Waals surface area contributed by atoms with Gasteiger partial charge in [-0.3, -0.25) is 24.0 Å². The van der Waals surface area contributed by atoms with Crippen LogP contribution in [0.5, 0.6) is 0 Å². The number of piperidine rings is 1. The highest BCUT2D eigenvalue weighted by Crippen LogP contribution is 2.65. The number of rotatable bonds is 9. The first-order valence-electron chi connectivity index (χ1n) is 13.9. The first kappa shape index (κ1) is 31.0. The van der Waals surface area contributed by atoms with Crippen LogP contribution in [-0.2, 0) is 28.7 Å². The van der Waals surface area contributed by atoms with Crippen molar-refractivity contribution < 1.29 is 41.9 Å². The molecular formula is C27H40F3N5O6. The van der Waals surface area contributed by atoms with E-state index in [1.807, 2.05) is 13.8 Å². The molecule has 0 aromatic rings. The van der Waals surface area contributed by atoms with Gasteiger partial charge in [-0.15, -0.1) is 0 Å². The summed E-state index contributed by atoms with van der Waals surface area (Å²) in [7, 11) is 0. The predicted octanol–water partition coefficient (Wildman–Crippen LogP) is 0.749. The van der Waals surface area contributed by atoms with Crippen LogP contribution in [0.2, 0.25) is 0 Å². The standard InChI is InChI=1S/C27H40F3N5O6/c1-12(41-24(2,3)4)17(33-23(40)27(28,29)30)22(39)35-11-14-16(25(14,5)6)18(35)21(38)32-15(19(31)36)9-13-10-26(7-8-26)34-20(13)37/h12-18H,7-11H2,1-6H3,(H2,31,36)(H,32,38)(H,33,40)(H,34,37)/t12-,13-,14?,15+,16?,17+,18?/m1/s1. The van der Waals surface area contributed by atoms with E-state index in [0.29, 0.717) is 6.42 Å². The van der Waals surface area contributed by atoms with Crippen molar-refractivity contribution in [2.24, 2.45) is 28.9 Å². The minimum absolute atomic E-state index is 0.00642. The minimum Gasteiger partial charge on any atom is -0.370 e. The molecule has 41 heavy (non-hydrogen) atoms. The Bertz CT molecular complexity index is 1130. The third-order valence-electron chi connectivity index (χ3n) is 9.01. The van der Waals surface area contributed by atoms with Crippen LogP contribution in [0.3, 0.4) is 0 Å². The van der Waals surface area contributed by atoms with Gasteiger partial charge in [-0.2, -0.15) is 13.2 Å². The van der Waals surface area contributed by atoms with E-state index in [9.17, 15) is 37.1 Å². The molecule has 2 saturated carbocycles. The van der Waals surface area contributed by atoms with Gasteiger partial charge in [0.1, 0.15) is 18.1 Å². The summed E-state index contributed by atoms with van der Waals surface area (Å²) < 4.78 is 45.3. The summed E-state index contributed by atoms with van der Waals surface area (Å²) in [6, 6.07) is -4.04. The van der Waals surface area contributed by atoms with Gasteiger partial charge in [0.15, 0.2) is 0 Å². The molecule has 4 fully saturated rings. The van der Waals surface area contributed by atoms with Gasteiger partial charge in [0.25, 0.3) is 0 Å². The van der Waals surface area contributed by atoms with Gasteiger partial charge < -0.3 is 31.3 Å². The van der Waals surface area contributed by atoms with Crippen LogP contribution in [-0.4, -0.2) is 82.5 Å². The molecule has 4 aliphatic rings. The van der Waals surface area contributed by atoms with E-state index in [-0.39, 0.29) is 41.7 Å². The lowest BCUT2D eigenvalue weighted by atomic mass is 9.94. The molecule has 0 aromatic carbocycles. The monoisotopic (exact) mass is 587 g/mol. The van der Waals surface area contributed by atoms with E-state index < -0.39 is 65.6 Å². The molecule has 230 valence electrons. The highest BCUT2D eigenvalue weighted by Gasteiger charge is 2.70. The first-order chi connectivity index (χ1) is 18.7. The molecule has 5 N–H and O–H groups in total. The van der Waals surface area contributed by atoms with Crippen molar-refractivity contribution in [3.05, 3.63) is 0 Å². The van der Waals surface area contributed by atoms with Crippen LogP contribution < -0.4 is 21.7 Å². The van der Waals surface area contributed by atoms with E-state index in [2.05, 4.69) is 10.6 Å². The molecule has 0 radical (unpaired) electrons. The molecular weight excluding hydrogens is 547 g/mol. The lowest BCUT2D eigenvalue weighted by molar-refractivity contribution is -0.177. The molecule has 2 aliphatic carbocycles. The SMILES string of the molecule is C[C@@H](OC(C)(C)C)[C@H](NC(=O)C(F)(F)F)C(=O)N1CC2C(C1C(=O)N[C@@H](C[C@@H]1CC3(CC3)NC1=O)C(N)=O)C2(C)C. The molecule has 2 aliphatic heterocycles. The van der Waals surface area contributed by atoms with Gasteiger partial charge in [0.2, 0.25) is 23.6 Å². The summed E-state index contributed by atoms with van der Waals surface area (Å²) in [5.74, 6) is -5.91. The molecule has 2 heterocycles. The maximum Gasteiger partial charge on any atom is 0.471 e. The van der Waals surface area contributed by atoms with Crippen molar-refractivity contribution in [2.75, 3.05) is 6.54 Å². The molecule has 1 spiro atoms. The molecule has 2 saturated heterocycles. The van der Waals surface area contributed by atoms with Crippen molar-refractivity contribution >= 4 is 29.5 Å². The average molecular weight is 588 g/mol. The Kier molecular flexibility index (Phi) is 7.67. The molecule has 0 bridgehead atoms. The zero-order valence-electron chi connectivity index (χ0n) is 24.2. The Balaban J connectivity index is 1.55. The van der Waals surface area contributed by atoms with Gasteiger partial charge in [-0.1, -0.05) is 13.8 Å². The van der Waals surface area contributed by atoms with E-state index in [0.717, 1.165) is 12.8 Å². The maximum atomic E-state index is 13.8. The van der Waals surface area contributed by atoms with E-state index in [4.69, 9.17) is 10.5 Å². The summed E-state index contributed by atoms with van der Waals surface area (Å²) >= 11 is 0. The van der Waals surface area contributed by atoms with Crippen molar-refractivity contribution in [1.29, 1.82) is 0 Å². The highest BCUT2D eigenvalue weighted by atomic mass is 19.4. The van der Waals surface area contributed by atoms with Crippen LogP contribution in [0, 0.1) is 23.2 Å². The third-order valence-corrected chi connectivity index (χ3v) is 9.01. The Morgan fingerprint density at radius 1 is 1.15 bits per heavy atom. The number of ether oxygens (including phenoxy) is 1. The normalized spacial score (nSPS) is 29.7. The Morgan fingerprint density at radius 3 is 2.24 bits per heavy atom. The van der Waals surface area contributed by atoms with Gasteiger partial charge in [-0.25, -0.2) is 0 Å². The van der Waals surface area contributed by atoms with Crippen LogP contribution in [0.25, 0.3) is 0 Å². The summed E-state index contributed by atoms with van der Waals surface area (Å²) in [5.41, 5.74) is 4.15. The topological polar surface area (TPSA) is 160 Å². The van der Waals surface area contributed by atoms with Gasteiger partial charge in [-0.05, 0) is 70.6 Å². The zero-order valence-corrected chi connectivity index (χ0v) is 24.2. The number of carbonyl (C=O) groups is 5. The molecule has 5 amide bonds. The molecule has 3 unspecified atom stereocenters. The van der Waals surface area contributed by atoms with Crippen LogP contribution >= 0.6 is 0 Å². The van der Waals surface area contributed by atoms with Crippen LogP contribution in [0.1, 0.15) is 67.2 Å². The van der Waals surface area contributed by atoms with E-state index in [1.165, 1.54) is 11.8 Å². The minimum atomic E-state index is -5.24. The van der Waals surface area contributed by atoms with E-state index >= 15 is 0 Å². The molecule has 4 rings (SSSR count). The second-order valence-electron chi connectivity index (χ2n) is 13.6. The number of nitrogens with one attached hydrogen (secondary N) is 3. The Hall–Kier alpha value is -2.90. The number of carbonyl (C=O) groups excluding carboxylic acids is 5. The van der Waals surface area contributed by atoms with Crippen molar-refractivity contribution in [1.82, 2.24) is 20.9 Å². The van der Waals surface area contributed by atoms with Gasteiger partial charge in [0, 0.05) is 18.0 Å². The largest absolute Gasteiger partial charge is 0.471 e. The fraction of sp³-hybridized carbons (Fsp3) is 0.815. The molecule has 11 nitrogen and oxygen atoms in total. The number of halogens is 3. The number of primary amides is 1. The second kappa shape index (κ2) is 10.1. The number of hydrogen-bond donors (Lipinski definition) is 4. The van der Waals surface area contributed by atoms with Gasteiger partial charge in [0.05, 0.1) is 11.7 Å². The number of amides is 5. The van der Waals surface area contributed by atoms with Gasteiger partial charge >= 0.3 is 12.1 Å². The summed E-state index contributed by atoms with van der Waals surface area (Å²) in [6.07, 6.45) is -4.19. The fourth-order valence-corrected chi connectivity index (χ4v) is 6.66. The van der Waals surface area contributed by atoms with Crippen molar-refractivity contribution in [2.45, 2.75) is 109 Å². The van der Waals surface area contributed by atoms with Crippen molar-refractivity contribution in [3.8, 4) is 0 Å². The predicted molar refractivity (Wildman–Crippen MR) is 139 cm³/mol. The summed E-state index contributed by atoms with van der Waals surface area (Å²) in [5, 5.41) is 7.32. The number of nitrogens with zero attached hydrogens (tertiary/aromatic N) is 1. The number of hydrogen-bond acceptors (Lipinski definition) is 6. The maximum absolute atomic E-state index is 13.8. The fourth-order valence-electron chi connectivity index (χ4n) is 6.66. The van der Waals surface area contributed by atoms with Crippen molar-refractivity contribution in [3.63, 3.8) is 0 Å². The Labute approximate surface area is 236 Å². The zero-order chi connectivity index (χ0) is 30.9. The lowest BCUT2D eigenvalue weighted by Crippen LogP contribution is -2.61. The number of alkyl halides is 3. The average Bonchev–Trinajstić information content (AvgIpc) is 3.53. The van der Waals surface area contributed by atoms with Crippen LogP contribution in [0.15, 0.2) is 0 Å². The summed E-state index contributed by atoms with van der Waals surface area (Å²) in [6.45, 7) is 10.2. The number of nitrogens with two attached hydrogens (primary N) is 1. The molecule has 14 heteroatoms.